The van der Waals surface area contributed by atoms with Gasteiger partial charge < -0.3 is 4.74 Å². The Morgan fingerprint density at radius 2 is 2.15 bits per heavy atom. The van der Waals surface area contributed by atoms with Gasteiger partial charge in [-0.25, -0.2) is 4.79 Å². The van der Waals surface area contributed by atoms with E-state index >= 15 is 0 Å². The number of carbonyl (C=O) groups excluding carboxylic acids is 2. The van der Waals surface area contributed by atoms with Gasteiger partial charge in [0.1, 0.15) is 6.61 Å². The Morgan fingerprint density at radius 3 is 2.77 bits per heavy atom. The summed E-state index contributed by atoms with van der Waals surface area (Å²) in [4.78, 5) is 24.2. The van der Waals surface area contributed by atoms with E-state index in [4.69, 9.17) is 4.74 Å². The average Bonchev–Trinajstić information content (AvgIpc) is 2.52. The zero-order chi connectivity index (χ0) is 9.26. The lowest BCUT2D eigenvalue weighted by Crippen LogP contribution is -2.43. The van der Waals surface area contributed by atoms with Gasteiger partial charge in [0.2, 0.25) is 0 Å². The lowest BCUT2D eigenvalue weighted by atomic mass is 9.93. The van der Waals surface area contributed by atoms with E-state index in [-0.39, 0.29) is 17.9 Å². The van der Waals surface area contributed by atoms with Gasteiger partial charge in [0.25, 0.3) is 0 Å². The highest BCUT2D eigenvalue weighted by molar-refractivity contribution is 5.88. The molecule has 4 heteroatoms. The molecule has 4 nitrogen and oxygen atoms in total. The lowest BCUT2D eigenvalue weighted by molar-refractivity contribution is -0.124. The number of amides is 1. The van der Waals surface area contributed by atoms with Crippen LogP contribution >= 0.6 is 0 Å². The molecule has 0 N–H and O–H groups in total. The topological polar surface area (TPSA) is 46.6 Å². The first-order chi connectivity index (χ1) is 6.29. The first-order valence-electron chi connectivity index (χ1n) is 4.75. The predicted octanol–water partition coefficient (Wildman–Crippen LogP) is 0.950. The molecule has 2 fully saturated rings. The second-order valence-electron chi connectivity index (χ2n) is 3.54. The van der Waals surface area contributed by atoms with E-state index in [0.717, 1.165) is 19.3 Å². The third kappa shape index (κ3) is 1.53. The summed E-state index contributed by atoms with van der Waals surface area (Å²) >= 11 is 0. The minimum atomic E-state index is -0.319. The summed E-state index contributed by atoms with van der Waals surface area (Å²) in [6.07, 6.45) is 3.13. The number of hydrogen-bond acceptors (Lipinski definition) is 3. The normalized spacial score (nSPS) is 29.2. The van der Waals surface area contributed by atoms with Crippen LogP contribution in [0.4, 0.5) is 4.79 Å². The lowest BCUT2D eigenvalue weighted by Gasteiger charge is -2.27. The van der Waals surface area contributed by atoms with Crippen LogP contribution in [0.25, 0.3) is 0 Å². The predicted molar refractivity (Wildman–Crippen MR) is 45.3 cm³/mol. The van der Waals surface area contributed by atoms with E-state index in [9.17, 15) is 9.59 Å². The zero-order valence-corrected chi connectivity index (χ0v) is 7.49. The van der Waals surface area contributed by atoms with Crippen LogP contribution in [0.15, 0.2) is 0 Å². The van der Waals surface area contributed by atoms with Crippen LogP contribution < -0.4 is 0 Å². The fourth-order valence-electron chi connectivity index (χ4n) is 1.98. The molecule has 0 aromatic carbocycles. The van der Waals surface area contributed by atoms with Gasteiger partial charge in [-0.3, -0.25) is 9.69 Å². The molecule has 72 valence electrons. The second-order valence-corrected chi connectivity index (χ2v) is 3.54. The number of hydrogen-bond donors (Lipinski definition) is 0. The van der Waals surface area contributed by atoms with E-state index in [1.54, 1.807) is 4.90 Å². The molecular formula is C9H13NO3. The van der Waals surface area contributed by atoms with Crippen LogP contribution in [0.3, 0.4) is 0 Å². The van der Waals surface area contributed by atoms with Crippen LogP contribution in [0.5, 0.6) is 0 Å². The van der Waals surface area contributed by atoms with Gasteiger partial charge in [-0.1, -0.05) is 6.42 Å². The fourth-order valence-corrected chi connectivity index (χ4v) is 1.98. The van der Waals surface area contributed by atoms with Crippen LogP contribution in [-0.2, 0) is 9.53 Å². The molecule has 1 unspecified atom stereocenters. The molecule has 1 saturated carbocycles. The highest BCUT2D eigenvalue weighted by atomic mass is 16.6. The van der Waals surface area contributed by atoms with Gasteiger partial charge in [-0.15, -0.1) is 0 Å². The summed E-state index contributed by atoms with van der Waals surface area (Å²) in [6, 6.07) is -0.191. The summed E-state index contributed by atoms with van der Waals surface area (Å²) in [5, 5.41) is 0. The van der Waals surface area contributed by atoms with Crippen molar-refractivity contribution >= 4 is 11.9 Å². The molecule has 2 aliphatic rings. The van der Waals surface area contributed by atoms with Gasteiger partial charge in [0, 0.05) is 6.42 Å². The molecule has 0 radical (unpaired) electrons. The summed E-state index contributed by atoms with van der Waals surface area (Å²) < 4.78 is 4.80. The number of rotatable bonds is 1. The van der Waals surface area contributed by atoms with E-state index in [1.165, 1.54) is 0 Å². The maximum Gasteiger partial charge on any atom is 0.410 e. The Bertz CT molecular complexity index is 239. The van der Waals surface area contributed by atoms with Gasteiger partial charge >= 0.3 is 6.09 Å². The highest BCUT2D eigenvalue weighted by Crippen LogP contribution is 2.22. The third-order valence-electron chi connectivity index (χ3n) is 2.69. The third-order valence-corrected chi connectivity index (χ3v) is 2.69. The van der Waals surface area contributed by atoms with Crippen molar-refractivity contribution in [1.82, 2.24) is 4.90 Å². The fraction of sp³-hybridized carbons (Fsp3) is 0.778. The van der Waals surface area contributed by atoms with E-state index in [0.29, 0.717) is 19.6 Å². The largest absolute Gasteiger partial charge is 0.448 e. The van der Waals surface area contributed by atoms with Crippen molar-refractivity contribution in [3.8, 4) is 0 Å². The molecule has 13 heavy (non-hydrogen) atoms. The van der Waals surface area contributed by atoms with Crippen LogP contribution in [-0.4, -0.2) is 36.0 Å². The van der Waals surface area contributed by atoms with Crippen molar-refractivity contribution in [2.75, 3.05) is 13.2 Å². The van der Waals surface area contributed by atoms with Crippen molar-refractivity contribution < 1.29 is 14.3 Å². The minimum Gasteiger partial charge on any atom is -0.448 e. The van der Waals surface area contributed by atoms with Gasteiger partial charge in [-0.2, -0.15) is 0 Å². The summed E-state index contributed by atoms with van der Waals surface area (Å²) in [6.45, 7) is 1.01. The summed E-state index contributed by atoms with van der Waals surface area (Å²) in [7, 11) is 0. The maximum absolute atomic E-state index is 11.5. The Labute approximate surface area is 76.8 Å². The average molecular weight is 183 g/mol. The smallest absolute Gasteiger partial charge is 0.410 e. The molecule has 1 saturated heterocycles. The van der Waals surface area contributed by atoms with Gasteiger partial charge in [-0.05, 0) is 12.8 Å². The van der Waals surface area contributed by atoms with Gasteiger partial charge in [0.05, 0.1) is 12.6 Å². The molecule has 1 amide bonds. The molecule has 0 aromatic heterocycles. The van der Waals surface area contributed by atoms with E-state index in [1.807, 2.05) is 0 Å². The Morgan fingerprint density at radius 1 is 1.31 bits per heavy atom. The standard InChI is InChI=1S/C9H13NO3/c11-8-4-2-1-3-7(8)10-5-6-13-9(10)12/h7H,1-6H2. The number of Topliss-reactive ketones (excluding diaryl/α,β-unsaturated/α-hetero) is 1. The first kappa shape index (κ1) is 8.53. The summed E-state index contributed by atoms with van der Waals surface area (Å²) in [5.74, 6) is 0.199. The molecule has 1 aliphatic heterocycles. The van der Waals surface area contributed by atoms with Crippen molar-refractivity contribution in [3.63, 3.8) is 0 Å². The monoisotopic (exact) mass is 183 g/mol. The molecule has 1 aliphatic carbocycles. The molecule has 1 heterocycles. The van der Waals surface area contributed by atoms with Crippen molar-refractivity contribution in [3.05, 3.63) is 0 Å². The molecule has 2 rings (SSSR count). The molecule has 1 atom stereocenters. The second kappa shape index (κ2) is 3.36. The minimum absolute atomic E-state index is 0.191. The van der Waals surface area contributed by atoms with Crippen molar-refractivity contribution in [2.45, 2.75) is 31.7 Å². The van der Waals surface area contributed by atoms with Gasteiger partial charge in [0.15, 0.2) is 5.78 Å². The first-order valence-corrected chi connectivity index (χ1v) is 4.75. The zero-order valence-electron chi connectivity index (χ0n) is 7.49. The maximum atomic E-state index is 11.5. The number of carbonyl (C=O) groups is 2. The number of nitrogens with zero attached hydrogens (tertiary/aromatic N) is 1. The van der Waals surface area contributed by atoms with E-state index < -0.39 is 0 Å². The molecule has 0 aromatic rings. The highest BCUT2D eigenvalue weighted by Gasteiger charge is 2.35. The quantitative estimate of drug-likeness (QED) is 0.608. The van der Waals surface area contributed by atoms with E-state index in [2.05, 4.69) is 0 Å². The SMILES string of the molecule is O=C1CCCCC1N1CCOC1=O. The van der Waals surface area contributed by atoms with Crippen molar-refractivity contribution in [2.24, 2.45) is 0 Å². The van der Waals surface area contributed by atoms with Crippen LogP contribution in [0, 0.1) is 0 Å². The van der Waals surface area contributed by atoms with Crippen LogP contribution in [0.1, 0.15) is 25.7 Å². The Balaban J connectivity index is 2.05. The number of ether oxygens (including phenoxy) is 1. The number of ketones is 1. The molecule has 0 spiro atoms. The molecule has 0 bridgehead atoms. The Hall–Kier alpha value is -1.06. The number of cyclic esters (lactones) is 1. The molecular weight excluding hydrogens is 170 g/mol. The van der Waals surface area contributed by atoms with Crippen LogP contribution in [0.2, 0.25) is 0 Å². The summed E-state index contributed by atoms with van der Waals surface area (Å²) in [5.41, 5.74) is 0. The van der Waals surface area contributed by atoms with Crippen molar-refractivity contribution in [1.29, 1.82) is 0 Å². The Kier molecular flexibility index (Phi) is 2.20.